The Bertz CT molecular complexity index is 844. The first-order chi connectivity index (χ1) is 13.9. The van der Waals surface area contributed by atoms with Crippen LogP contribution in [-0.2, 0) is 4.79 Å². The van der Waals surface area contributed by atoms with Gasteiger partial charge in [-0.1, -0.05) is 11.6 Å². The number of likely N-dealkylation sites (tertiary alicyclic amines) is 1. The summed E-state index contributed by atoms with van der Waals surface area (Å²) in [6, 6.07) is 10.2. The van der Waals surface area contributed by atoms with Gasteiger partial charge < -0.3 is 21.1 Å². The molecule has 2 heterocycles. The molecule has 0 saturated carbocycles. The van der Waals surface area contributed by atoms with E-state index in [1.165, 1.54) is 0 Å². The van der Waals surface area contributed by atoms with Crippen LogP contribution >= 0.6 is 11.6 Å². The summed E-state index contributed by atoms with van der Waals surface area (Å²) >= 11 is 5.88. The van der Waals surface area contributed by atoms with Gasteiger partial charge in [-0.15, -0.1) is 0 Å². The number of hydrogen-bond donors (Lipinski definition) is 3. The summed E-state index contributed by atoms with van der Waals surface area (Å²) in [7, 11) is 1.58. The van der Waals surface area contributed by atoms with Crippen molar-refractivity contribution in [1.29, 1.82) is 0 Å². The summed E-state index contributed by atoms with van der Waals surface area (Å²) in [6.45, 7) is 1.39. The number of amides is 3. The minimum Gasteiger partial charge on any atom is -0.495 e. The minimum atomic E-state index is -0.377. The van der Waals surface area contributed by atoms with Crippen LogP contribution in [0.1, 0.15) is 18.0 Å². The average molecular weight is 418 g/mol. The maximum absolute atomic E-state index is 12.5. The second-order valence-electron chi connectivity index (χ2n) is 6.93. The lowest BCUT2D eigenvalue weighted by molar-refractivity contribution is -0.119. The molecule has 4 N–H and O–H groups in total. The third-order valence-electron chi connectivity index (χ3n) is 4.87. The second kappa shape index (κ2) is 9.58. The van der Waals surface area contributed by atoms with Crippen LogP contribution in [0.4, 0.5) is 10.5 Å². The molecular formula is C20H24ClN5O3. The third kappa shape index (κ3) is 5.82. The van der Waals surface area contributed by atoms with Crippen LogP contribution in [0.3, 0.4) is 0 Å². The number of ether oxygens (including phenoxy) is 1. The molecule has 0 aliphatic carbocycles. The number of rotatable bonds is 6. The van der Waals surface area contributed by atoms with E-state index in [-0.39, 0.29) is 30.4 Å². The van der Waals surface area contributed by atoms with Crippen molar-refractivity contribution in [2.45, 2.75) is 18.4 Å². The predicted molar refractivity (Wildman–Crippen MR) is 111 cm³/mol. The van der Waals surface area contributed by atoms with E-state index in [0.717, 1.165) is 5.69 Å². The largest absolute Gasteiger partial charge is 0.495 e. The van der Waals surface area contributed by atoms with Crippen LogP contribution in [0.2, 0.25) is 5.02 Å². The maximum Gasteiger partial charge on any atom is 0.319 e. The number of pyridine rings is 1. The third-order valence-corrected chi connectivity index (χ3v) is 5.12. The summed E-state index contributed by atoms with van der Waals surface area (Å²) in [6.07, 6.45) is 2.31. The van der Waals surface area contributed by atoms with Crippen LogP contribution in [0.15, 0.2) is 42.6 Å². The van der Waals surface area contributed by atoms with Crippen molar-refractivity contribution >= 4 is 29.2 Å². The van der Waals surface area contributed by atoms with Crippen molar-refractivity contribution in [2.75, 3.05) is 32.1 Å². The molecule has 0 radical (unpaired) electrons. The number of carbonyl (C=O) groups is 2. The summed E-state index contributed by atoms with van der Waals surface area (Å²) in [4.78, 5) is 30.3. The molecule has 3 rings (SSSR count). The van der Waals surface area contributed by atoms with E-state index >= 15 is 0 Å². The van der Waals surface area contributed by atoms with Gasteiger partial charge in [-0.2, -0.15) is 0 Å². The Hall–Kier alpha value is -2.84. The highest BCUT2D eigenvalue weighted by Gasteiger charge is 2.33. The van der Waals surface area contributed by atoms with Crippen molar-refractivity contribution < 1.29 is 14.3 Å². The van der Waals surface area contributed by atoms with E-state index in [4.69, 9.17) is 22.1 Å². The van der Waals surface area contributed by atoms with Crippen molar-refractivity contribution in [3.63, 3.8) is 0 Å². The monoisotopic (exact) mass is 417 g/mol. The molecule has 2 aromatic rings. The molecule has 1 saturated heterocycles. The number of carbonyl (C=O) groups excluding carboxylic acids is 2. The molecule has 8 nitrogen and oxygen atoms in total. The van der Waals surface area contributed by atoms with Gasteiger partial charge in [-0.05, 0) is 42.8 Å². The molecule has 0 spiro atoms. The van der Waals surface area contributed by atoms with Gasteiger partial charge in [0.1, 0.15) is 5.75 Å². The van der Waals surface area contributed by atoms with Gasteiger partial charge in [0.25, 0.3) is 0 Å². The van der Waals surface area contributed by atoms with E-state index in [1.54, 1.807) is 37.6 Å². The van der Waals surface area contributed by atoms with E-state index < -0.39 is 0 Å². The number of benzene rings is 1. The Kier molecular flexibility index (Phi) is 6.90. The lowest BCUT2D eigenvalue weighted by atomic mass is 9.88. The number of methoxy groups -OCH3 is 1. The zero-order valence-corrected chi connectivity index (χ0v) is 16.9. The standard InChI is InChI=1S/C20H24ClN5O3/c1-29-15-6-7-17(23-10-15)16-11-26(12-19(22)27)9-8-18(16)25-20(28)24-14-4-2-13(21)3-5-14/h2-7,10,16,18H,8-9,11-12H2,1H3,(H2,22,27)(H2,24,25,28). The molecule has 3 amide bonds. The van der Waals surface area contributed by atoms with Crippen molar-refractivity contribution in [1.82, 2.24) is 15.2 Å². The number of piperidine rings is 1. The molecule has 29 heavy (non-hydrogen) atoms. The fourth-order valence-corrected chi connectivity index (χ4v) is 3.58. The normalized spacial score (nSPS) is 19.4. The maximum atomic E-state index is 12.5. The van der Waals surface area contributed by atoms with E-state index in [0.29, 0.717) is 36.0 Å². The Labute approximate surface area is 174 Å². The molecular weight excluding hydrogens is 394 g/mol. The first kappa shape index (κ1) is 20.9. The Morgan fingerprint density at radius 2 is 2.03 bits per heavy atom. The minimum absolute atomic E-state index is 0.0926. The molecule has 2 atom stereocenters. The molecule has 154 valence electrons. The van der Waals surface area contributed by atoms with Gasteiger partial charge in [-0.25, -0.2) is 4.79 Å². The number of nitrogens with one attached hydrogen (secondary N) is 2. The molecule has 1 aromatic carbocycles. The molecule has 1 aliphatic rings. The summed E-state index contributed by atoms with van der Waals surface area (Å²) < 4.78 is 5.17. The highest BCUT2D eigenvalue weighted by Crippen LogP contribution is 2.27. The molecule has 9 heteroatoms. The zero-order chi connectivity index (χ0) is 20.8. The number of aromatic nitrogens is 1. The van der Waals surface area contributed by atoms with Gasteiger partial charge in [0.05, 0.1) is 19.9 Å². The number of halogens is 1. The fraction of sp³-hybridized carbons (Fsp3) is 0.350. The molecule has 1 aliphatic heterocycles. The van der Waals surface area contributed by atoms with Crippen LogP contribution in [0.5, 0.6) is 5.75 Å². The SMILES string of the molecule is COc1ccc(C2CN(CC(N)=O)CCC2NC(=O)Nc2ccc(Cl)cc2)nc1. The highest BCUT2D eigenvalue weighted by molar-refractivity contribution is 6.30. The van der Waals surface area contributed by atoms with Crippen LogP contribution < -0.4 is 21.1 Å². The Balaban J connectivity index is 1.72. The predicted octanol–water partition coefficient (Wildman–Crippen LogP) is 2.21. The first-order valence-corrected chi connectivity index (χ1v) is 9.66. The number of urea groups is 1. The second-order valence-corrected chi connectivity index (χ2v) is 7.37. The Morgan fingerprint density at radius 3 is 2.66 bits per heavy atom. The van der Waals surface area contributed by atoms with E-state index in [9.17, 15) is 9.59 Å². The first-order valence-electron chi connectivity index (χ1n) is 9.28. The molecule has 2 unspecified atom stereocenters. The summed E-state index contributed by atoms with van der Waals surface area (Å²) in [5, 5.41) is 6.45. The molecule has 1 aromatic heterocycles. The van der Waals surface area contributed by atoms with E-state index in [2.05, 4.69) is 15.6 Å². The quantitative estimate of drug-likeness (QED) is 0.667. The lowest BCUT2D eigenvalue weighted by Gasteiger charge is -2.38. The van der Waals surface area contributed by atoms with Gasteiger partial charge >= 0.3 is 6.03 Å². The van der Waals surface area contributed by atoms with Crippen molar-refractivity contribution in [3.8, 4) is 5.75 Å². The average Bonchev–Trinajstić information content (AvgIpc) is 2.70. The summed E-state index contributed by atoms with van der Waals surface area (Å²) in [5.74, 6) is 0.187. The topological polar surface area (TPSA) is 110 Å². The van der Waals surface area contributed by atoms with Crippen molar-refractivity contribution in [3.05, 3.63) is 53.3 Å². The smallest absolute Gasteiger partial charge is 0.319 e. The van der Waals surface area contributed by atoms with Crippen LogP contribution in [-0.4, -0.2) is 54.6 Å². The number of nitrogens with two attached hydrogens (primary N) is 1. The molecule has 1 fully saturated rings. The van der Waals surface area contributed by atoms with Crippen molar-refractivity contribution in [2.24, 2.45) is 5.73 Å². The number of nitrogens with zero attached hydrogens (tertiary/aromatic N) is 2. The lowest BCUT2D eigenvalue weighted by Crippen LogP contribution is -2.52. The fourth-order valence-electron chi connectivity index (χ4n) is 3.46. The van der Waals surface area contributed by atoms with Gasteiger partial charge in [0, 0.05) is 41.5 Å². The number of primary amides is 1. The highest BCUT2D eigenvalue weighted by atomic mass is 35.5. The van der Waals surface area contributed by atoms with E-state index in [1.807, 2.05) is 17.0 Å². The van der Waals surface area contributed by atoms with Gasteiger partial charge in [0.15, 0.2) is 0 Å². The van der Waals surface area contributed by atoms with Gasteiger partial charge in [0.2, 0.25) is 5.91 Å². The molecule has 0 bridgehead atoms. The number of anilines is 1. The zero-order valence-electron chi connectivity index (χ0n) is 16.1. The Morgan fingerprint density at radius 1 is 1.28 bits per heavy atom. The number of hydrogen-bond acceptors (Lipinski definition) is 5. The van der Waals surface area contributed by atoms with Crippen LogP contribution in [0, 0.1) is 0 Å². The van der Waals surface area contributed by atoms with Crippen LogP contribution in [0.25, 0.3) is 0 Å². The summed E-state index contributed by atoms with van der Waals surface area (Å²) in [5.41, 5.74) is 6.82. The van der Waals surface area contributed by atoms with Gasteiger partial charge in [-0.3, -0.25) is 14.7 Å².